The maximum Gasteiger partial charge on any atom is 0.342 e. The van der Waals surface area contributed by atoms with Gasteiger partial charge in [-0.25, -0.2) is 4.79 Å². The van der Waals surface area contributed by atoms with Crippen LogP contribution in [0.2, 0.25) is 0 Å². The molecule has 0 aliphatic rings. The first-order chi connectivity index (χ1) is 12.3. The highest BCUT2D eigenvalue weighted by Gasteiger charge is 2.19. The molecule has 0 saturated heterocycles. The van der Waals surface area contributed by atoms with Crippen LogP contribution in [-0.2, 0) is 4.74 Å². The van der Waals surface area contributed by atoms with Crippen LogP contribution >= 0.6 is 0 Å². The zero-order chi connectivity index (χ0) is 19.4. The number of rotatable bonds is 6. The largest absolute Gasteiger partial charge is 0.497 e. The second-order valence-electron chi connectivity index (χ2n) is 6.18. The summed E-state index contributed by atoms with van der Waals surface area (Å²) >= 11 is 0. The number of benzene rings is 2. The molecule has 0 saturated carbocycles. The second-order valence-corrected chi connectivity index (χ2v) is 6.18. The zero-order valence-electron chi connectivity index (χ0n) is 16.1. The lowest BCUT2D eigenvalue weighted by molar-refractivity contribution is 0.0471. The molecule has 0 aliphatic heterocycles. The van der Waals surface area contributed by atoms with Crippen LogP contribution in [0.25, 0.3) is 0 Å². The van der Waals surface area contributed by atoms with Gasteiger partial charge < -0.3 is 14.2 Å². The van der Waals surface area contributed by atoms with Gasteiger partial charge in [0, 0.05) is 11.6 Å². The first-order valence-corrected chi connectivity index (χ1v) is 8.29. The third-order valence-electron chi connectivity index (χ3n) is 4.74. The number of methoxy groups -OCH3 is 2. The van der Waals surface area contributed by atoms with E-state index in [4.69, 9.17) is 14.2 Å². The summed E-state index contributed by atoms with van der Waals surface area (Å²) in [4.78, 5) is 24.9. The minimum Gasteiger partial charge on any atom is -0.497 e. The summed E-state index contributed by atoms with van der Waals surface area (Å²) in [7, 11) is 2.98. The van der Waals surface area contributed by atoms with Gasteiger partial charge in [-0.3, -0.25) is 4.79 Å². The summed E-state index contributed by atoms with van der Waals surface area (Å²) in [5.41, 5.74) is 5.03. The molecule has 2 aromatic rings. The number of Topliss-reactive ketones (excluding diaryl/α,β-unsaturated/α-hetero) is 1. The predicted molar refractivity (Wildman–Crippen MR) is 99.5 cm³/mol. The van der Waals surface area contributed by atoms with E-state index in [1.54, 1.807) is 18.2 Å². The quantitative estimate of drug-likeness (QED) is 0.579. The molecule has 0 fully saturated rings. The molecule has 0 radical (unpaired) electrons. The van der Waals surface area contributed by atoms with Gasteiger partial charge in [-0.1, -0.05) is 0 Å². The molecule has 0 unspecified atom stereocenters. The van der Waals surface area contributed by atoms with E-state index in [0.29, 0.717) is 17.1 Å². The van der Waals surface area contributed by atoms with E-state index in [1.165, 1.54) is 19.8 Å². The van der Waals surface area contributed by atoms with Gasteiger partial charge in [0.25, 0.3) is 0 Å². The van der Waals surface area contributed by atoms with E-state index >= 15 is 0 Å². The molecule has 2 rings (SSSR count). The van der Waals surface area contributed by atoms with Crippen molar-refractivity contribution in [2.75, 3.05) is 20.8 Å². The zero-order valence-corrected chi connectivity index (χ0v) is 16.1. The number of ketones is 1. The van der Waals surface area contributed by atoms with Crippen LogP contribution in [0.1, 0.15) is 43.0 Å². The molecule has 138 valence electrons. The minimum atomic E-state index is -0.615. The molecule has 2 aromatic carbocycles. The Bertz CT molecular complexity index is 852. The average molecular weight is 356 g/mol. The molecular formula is C21H24O5. The predicted octanol–water partition coefficient (Wildman–Crippen LogP) is 3.98. The summed E-state index contributed by atoms with van der Waals surface area (Å²) in [6.07, 6.45) is 0. The van der Waals surface area contributed by atoms with E-state index < -0.39 is 5.97 Å². The second kappa shape index (κ2) is 8.04. The highest BCUT2D eigenvalue weighted by Crippen LogP contribution is 2.26. The van der Waals surface area contributed by atoms with E-state index in [0.717, 1.165) is 16.7 Å². The van der Waals surface area contributed by atoms with Gasteiger partial charge in [0.1, 0.15) is 17.1 Å². The Morgan fingerprint density at radius 3 is 2.15 bits per heavy atom. The summed E-state index contributed by atoms with van der Waals surface area (Å²) in [5, 5.41) is 0. The van der Waals surface area contributed by atoms with Crippen molar-refractivity contribution in [2.45, 2.75) is 27.7 Å². The van der Waals surface area contributed by atoms with Crippen LogP contribution in [0.4, 0.5) is 0 Å². The smallest absolute Gasteiger partial charge is 0.342 e. The molecule has 0 bridgehead atoms. The van der Waals surface area contributed by atoms with Crippen LogP contribution in [0, 0.1) is 27.7 Å². The van der Waals surface area contributed by atoms with Gasteiger partial charge in [0.2, 0.25) is 5.78 Å². The maximum absolute atomic E-state index is 12.5. The van der Waals surface area contributed by atoms with Gasteiger partial charge in [-0.2, -0.15) is 0 Å². The monoisotopic (exact) mass is 356 g/mol. The molecular weight excluding hydrogens is 332 g/mol. The van der Waals surface area contributed by atoms with Crippen molar-refractivity contribution in [2.24, 2.45) is 0 Å². The highest BCUT2D eigenvalue weighted by atomic mass is 16.5. The van der Waals surface area contributed by atoms with E-state index in [1.807, 2.05) is 33.8 Å². The van der Waals surface area contributed by atoms with Crippen molar-refractivity contribution < 1.29 is 23.8 Å². The highest BCUT2D eigenvalue weighted by molar-refractivity contribution is 6.01. The molecule has 0 spiro atoms. The Morgan fingerprint density at radius 2 is 1.54 bits per heavy atom. The summed E-state index contributed by atoms with van der Waals surface area (Å²) in [6, 6.07) is 6.63. The van der Waals surface area contributed by atoms with Crippen LogP contribution in [-0.4, -0.2) is 32.6 Å². The Labute approximate surface area is 153 Å². The number of hydrogen-bond acceptors (Lipinski definition) is 5. The van der Waals surface area contributed by atoms with Crippen LogP contribution in [0.3, 0.4) is 0 Å². The number of carbonyl (C=O) groups excluding carboxylic acids is 2. The maximum atomic E-state index is 12.5. The Hall–Kier alpha value is -2.82. The van der Waals surface area contributed by atoms with Crippen LogP contribution in [0.5, 0.6) is 11.5 Å². The van der Waals surface area contributed by atoms with E-state index in [9.17, 15) is 9.59 Å². The van der Waals surface area contributed by atoms with Gasteiger partial charge >= 0.3 is 5.97 Å². The van der Waals surface area contributed by atoms with Crippen molar-refractivity contribution in [3.05, 3.63) is 57.6 Å². The van der Waals surface area contributed by atoms with Crippen molar-refractivity contribution in [1.29, 1.82) is 0 Å². The Balaban J connectivity index is 2.17. The van der Waals surface area contributed by atoms with Crippen LogP contribution in [0.15, 0.2) is 24.3 Å². The minimum absolute atomic E-state index is 0.227. The van der Waals surface area contributed by atoms with Crippen molar-refractivity contribution >= 4 is 11.8 Å². The first kappa shape index (κ1) is 19.5. The van der Waals surface area contributed by atoms with E-state index in [-0.39, 0.29) is 18.0 Å². The molecule has 0 amide bonds. The molecule has 0 aromatic heterocycles. The first-order valence-electron chi connectivity index (χ1n) is 8.29. The summed E-state index contributed by atoms with van der Waals surface area (Å²) in [6.45, 7) is 7.57. The lowest BCUT2D eigenvalue weighted by atomic mass is 9.93. The fourth-order valence-corrected chi connectivity index (χ4v) is 2.76. The van der Waals surface area contributed by atoms with Gasteiger partial charge in [-0.15, -0.1) is 0 Å². The van der Waals surface area contributed by atoms with Crippen molar-refractivity contribution in [3.63, 3.8) is 0 Å². The topological polar surface area (TPSA) is 61.8 Å². The van der Waals surface area contributed by atoms with E-state index in [2.05, 4.69) is 0 Å². The molecule has 0 atom stereocenters. The third kappa shape index (κ3) is 3.87. The van der Waals surface area contributed by atoms with Crippen molar-refractivity contribution in [1.82, 2.24) is 0 Å². The number of esters is 1. The lowest BCUT2D eigenvalue weighted by Crippen LogP contribution is -2.16. The summed E-state index contributed by atoms with van der Waals surface area (Å²) in [5.74, 6) is 0.0568. The summed E-state index contributed by atoms with van der Waals surface area (Å²) < 4.78 is 15.5. The molecule has 26 heavy (non-hydrogen) atoms. The standard InChI is InChI=1S/C21H24O5/c1-12-9-18(15(4)14(3)13(12)2)19(22)11-26-21(23)17-8-7-16(24-5)10-20(17)25-6/h7-10H,11H2,1-6H3. The van der Waals surface area contributed by atoms with Crippen molar-refractivity contribution in [3.8, 4) is 11.5 Å². The fraction of sp³-hybridized carbons (Fsp3) is 0.333. The van der Waals surface area contributed by atoms with Gasteiger partial charge in [-0.05, 0) is 68.1 Å². The normalized spacial score (nSPS) is 10.4. The molecule has 0 heterocycles. The number of carbonyl (C=O) groups is 2. The Kier molecular flexibility index (Phi) is 6.03. The SMILES string of the molecule is COc1ccc(C(=O)OCC(=O)c2cc(C)c(C)c(C)c2C)c(OC)c1. The fourth-order valence-electron chi connectivity index (χ4n) is 2.76. The third-order valence-corrected chi connectivity index (χ3v) is 4.74. The van der Waals surface area contributed by atoms with Gasteiger partial charge in [0.15, 0.2) is 6.61 Å². The van der Waals surface area contributed by atoms with Gasteiger partial charge in [0.05, 0.1) is 14.2 Å². The number of aryl methyl sites for hydroxylation is 1. The molecule has 0 N–H and O–H groups in total. The molecule has 5 heteroatoms. The molecule has 5 nitrogen and oxygen atoms in total. The number of ether oxygens (including phenoxy) is 3. The van der Waals surface area contributed by atoms with Crippen LogP contribution < -0.4 is 9.47 Å². The lowest BCUT2D eigenvalue weighted by Gasteiger charge is -2.14. The number of hydrogen-bond donors (Lipinski definition) is 0. The average Bonchev–Trinajstić information content (AvgIpc) is 2.66. The molecule has 0 aliphatic carbocycles. The Morgan fingerprint density at radius 1 is 0.846 bits per heavy atom.